The Labute approximate surface area is 192 Å². The van der Waals surface area contributed by atoms with Crippen LogP contribution in [0.1, 0.15) is 18.1 Å². The molecule has 10 heteroatoms. The number of nitrogens with one attached hydrogen (secondary N) is 2. The van der Waals surface area contributed by atoms with E-state index >= 15 is 0 Å². The van der Waals surface area contributed by atoms with Gasteiger partial charge in [0.25, 0.3) is 0 Å². The molecule has 0 spiro atoms. The van der Waals surface area contributed by atoms with Gasteiger partial charge in [0.15, 0.2) is 15.8 Å². The number of aryl methyl sites for hydroxylation is 1. The van der Waals surface area contributed by atoms with Crippen molar-refractivity contribution in [3.8, 4) is 0 Å². The Bertz CT molecular complexity index is 890. The van der Waals surface area contributed by atoms with Crippen LogP contribution in [0.25, 0.3) is 0 Å². The molecular weight excluding hydrogens is 528 g/mol. The summed E-state index contributed by atoms with van der Waals surface area (Å²) >= 11 is 1.13. The first-order chi connectivity index (χ1) is 13.3. The average molecular weight is 555 g/mol. The molecule has 1 aromatic carbocycles. The van der Waals surface area contributed by atoms with Crippen LogP contribution in [-0.2, 0) is 16.3 Å². The number of sulfone groups is 1. The van der Waals surface area contributed by atoms with Gasteiger partial charge in [-0.15, -0.1) is 35.3 Å². The summed E-state index contributed by atoms with van der Waals surface area (Å²) < 4.78 is 37.8. The number of aliphatic imine (C=N–C) groups is 1. The summed E-state index contributed by atoms with van der Waals surface area (Å²) in [6.07, 6.45) is -0.409. The lowest BCUT2D eigenvalue weighted by atomic mass is 10.1. The molecular formula is C19H27FIN3O3S2. The van der Waals surface area contributed by atoms with Crippen LogP contribution >= 0.6 is 35.3 Å². The first-order valence-corrected chi connectivity index (χ1v) is 11.6. The van der Waals surface area contributed by atoms with Gasteiger partial charge in [-0.3, -0.25) is 4.99 Å². The number of guanidine groups is 1. The number of aliphatic hydroxyl groups is 1. The first kappa shape index (κ1) is 25.8. The van der Waals surface area contributed by atoms with Crippen LogP contribution in [0, 0.1) is 12.7 Å². The van der Waals surface area contributed by atoms with Gasteiger partial charge >= 0.3 is 0 Å². The molecule has 0 aliphatic carbocycles. The van der Waals surface area contributed by atoms with E-state index in [9.17, 15) is 17.9 Å². The monoisotopic (exact) mass is 555 g/mol. The minimum atomic E-state index is -3.51. The van der Waals surface area contributed by atoms with Crippen molar-refractivity contribution < 1.29 is 17.9 Å². The summed E-state index contributed by atoms with van der Waals surface area (Å²) in [7, 11) is -3.51. The average Bonchev–Trinajstić information content (AvgIpc) is 3.17. The number of hydrogen-bond acceptors (Lipinski definition) is 5. The van der Waals surface area contributed by atoms with Gasteiger partial charge in [-0.1, -0.05) is 12.1 Å². The molecule has 1 heterocycles. The van der Waals surface area contributed by atoms with Crippen LogP contribution in [0.2, 0.25) is 0 Å². The predicted molar refractivity (Wildman–Crippen MR) is 127 cm³/mol. The van der Waals surface area contributed by atoms with Crippen molar-refractivity contribution >= 4 is 51.1 Å². The molecule has 2 rings (SSSR count). The number of nitrogens with zero attached hydrogens (tertiary/aromatic N) is 1. The van der Waals surface area contributed by atoms with Crippen molar-refractivity contribution in [3.63, 3.8) is 0 Å². The van der Waals surface area contributed by atoms with E-state index in [1.54, 1.807) is 17.5 Å². The van der Waals surface area contributed by atoms with Crippen molar-refractivity contribution in [3.05, 3.63) is 52.7 Å². The zero-order chi connectivity index (χ0) is 20.6. The summed E-state index contributed by atoms with van der Waals surface area (Å²) in [5.41, 5.74) is 1.92. The second-order valence-electron chi connectivity index (χ2n) is 6.33. The fourth-order valence-corrected chi connectivity index (χ4v) is 5.09. The third kappa shape index (κ3) is 8.57. The van der Waals surface area contributed by atoms with E-state index < -0.39 is 15.9 Å². The summed E-state index contributed by atoms with van der Waals surface area (Å²) in [5, 5.41) is 18.0. The minimum absolute atomic E-state index is 0. The van der Waals surface area contributed by atoms with Gasteiger partial charge in [0, 0.05) is 13.1 Å². The molecule has 0 saturated carbocycles. The zero-order valence-electron chi connectivity index (χ0n) is 16.4. The Morgan fingerprint density at radius 1 is 1.31 bits per heavy atom. The molecule has 0 aliphatic heterocycles. The van der Waals surface area contributed by atoms with E-state index in [1.807, 2.05) is 13.8 Å². The Balaban J connectivity index is 0.00000420. The molecule has 2 aromatic rings. The van der Waals surface area contributed by atoms with E-state index in [1.165, 1.54) is 18.2 Å². The minimum Gasteiger partial charge on any atom is -0.390 e. The lowest BCUT2D eigenvalue weighted by Crippen LogP contribution is -2.39. The maximum absolute atomic E-state index is 13.2. The number of benzene rings is 1. The Morgan fingerprint density at radius 2 is 2.07 bits per heavy atom. The fourth-order valence-electron chi connectivity index (χ4n) is 2.62. The first-order valence-electron chi connectivity index (χ1n) is 9.03. The van der Waals surface area contributed by atoms with Gasteiger partial charge in [0.1, 0.15) is 10.0 Å². The Kier molecular flexibility index (Phi) is 11.1. The quantitative estimate of drug-likeness (QED) is 0.252. The van der Waals surface area contributed by atoms with Crippen molar-refractivity contribution in [2.24, 2.45) is 4.99 Å². The predicted octanol–water partition coefficient (Wildman–Crippen LogP) is 2.75. The highest BCUT2D eigenvalue weighted by atomic mass is 127. The highest BCUT2D eigenvalue weighted by Crippen LogP contribution is 2.18. The SMILES string of the molecule is CCNC(=NCC(O)CS(=O)(=O)c1cccs1)NCCc1ccc(F)cc1C.I. The fraction of sp³-hybridized carbons (Fsp3) is 0.421. The molecule has 0 amide bonds. The van der Waals surface area contributed by atoms with Crippen LogP contribution in [0.15, 0.2) is 44.9 Å². The number of rotatable bonds is 9. The molecule has 0 bridgehead atoms. The number of hydrogen-bond donors (Lipinski definition) is 3. The summed E-state index contributed by atoms with van der Waals surface area (Å²) in [6, 6.07) is 7.89. The van der Waals surface area contributed by atoms with E-state index in [4.69, 9.17) is 0 Å². The van der Waals surface area contributed by atoms with Crippen molar-refractivity contribution in [1.82, 2.24) is 10.6 Å². The van der Waals surface area contributed by atoms with Crippen LogP contribution in [0.5, 0.6) is 0 Å². The summed E-state index contributed by atoms with van der Waals surface area (Å²) in [4.78, 5) is 4.27. The molecule has 3 N–H and O–H groups in total. The van der Waals surface area contributed by atoms with Crippen molar-refractivity contribution in [2.75, 3.05) is 25.4 Å². The second kappa shape index (κ2) is 12.5. The highest BCUT2D eigenvalue weighted by molar-refractivity contribution is 14.0. The van der Waals surface area contributed by atoms with E-state index in [2.05, 4.69) is 15.6 Å². The largest absolute Gasteiger partial charge is 0.390 e. The number of aliphatic hydroxyl groups excluding tert-OH is 1. The van der Waals surface area contributed by atoms with Crippen LogP contribution in [0.4, 0.5) is 4.39 Å². The van der Waals surface area contributed by atoms with Crippen molar-refractivity contribution in [1.29, 1.82) is 0 Å². The summed E-state index contributed by atoms with van der Waals surface area (Å²) in [5.74, 6) is -0.129. The number of thiophene rings is 1. The molecule has 0 fully saturated rings. The highest BCUT2D eigenvalue weighted by Gasteiger charge is 2.20. The molecule has 0 radical (unpaired) electrons. The standard InChI is InChI=1S/C19H26FN3O3S2.HI/c1-3-21-19(22-9-8-15-6-7-16(20)11-14(15)2)23-12-17(24)13-28(25,26)18-5-4-10-27-18;/h4-7,10-11,17,24H,3,8-9,12-13H2,1-2H3,(H2,21,22,23);1H. The molecule has 1 aromatic heterocycles. The van der Waals surface area contributed by atoms with Crippen molar-refractivity contribution in [2.45, 2.75) is 30.6 Å². The van der Waals surface area contributed by atoms with Gasteiger partial charge in [0.05, 0.1) is 18.4 Å². The molecule has 6 nitrogen and oxygen atoms in total. The van der Waals surface area contributed by atoms with Gasteiger partial charge < -0.3 is 15.7 Å². The molecule has 0 saturated heterocycles. The molecule has 0 aliphatic rings. The summed E-state index contributed by atoms with van der Waals surface area (Å²) in [6.45, 7) is 4.95. The zero-order valence-corrected chi connectivity index (χ0v) is 20.4. The van der Waals surface area contributed by atoms with Gasteiger partial charge in [0.2, 0.25) is 0 Å². The van der Waals surface area contributed by atoms with E-state index in [-0.39, 0.29) is 46.3 Å². The lowest BCUT2D eigenvalue weighted by molar-refractivity contribution is 0.206. The third-order valence-corrected chi connectivity index (χ3v) is 7.29. The molecule has 1 unspecified atom stereocenters. The molecule has 162 valence electrons. The lowest BCUT2D eigenvalue weighted by Gasteiger charge is -2.14. The van der Waals surface area contributed by atoms with Crippen LogP contribution in [0.3, 0.4) is 0 Å². The Morgan fingerprint density at radius 3 is 2.69 bits per heavy atom. The van der Waals surface area contributed by atoms with Gasteiger partial charge in [-0.25, -0.2) is 12.8 Å². The molecule has 1 atom stereocenters. The third-order valence-electron chi connectivity index (χ3n) is 4.01. The van der Waals surface area contributed by atoms with Gasteiger partial charge in [-0.05, 0) is 55.0 Å². The molecule has 29 heavy (non-hydrogen) atoms. The van der Waals surface area contributed by atoms with E-state index in [0.717, 1.165) is 22.5 Å². The topological polar surface area (TPSA) is 90.8 Å². The van der Waals surface area contributed by atoms with Crippen LogP contribution < -0.4 is 10.6 Å². The van der Waals surface area contributed by atoms with Gasteiger partial charge in [-0.2, -0.15) is 0 Å². The maximum Gasteiger partial charge on any atom is 0.191 e. The smallest absolute Gasteiger partial charge is 0.191 e. The van der Waals surface area contributed by atoms with E-state index in [0.29, 0.717) is 25.5 Å². The Hall–Kier alpha value is -1.24. The normalized spacial score (nSPS) is 12.9. The maximum atomic E-state index is 13.2. The number of halogens is 2. The second-order valence-corrected chi connectivity index (χ2v) is 9.54. The van der Waals surface area contributed by atoms with Crippen LogP contribution in [-0.4, -0.2) is 51.0 Å².